The van der Waals surface area contributed by atoms with Crippen molar-refractivity contribution < 1.29 is 19.1 Å². The fourth-order valence-corrected chi connectivity index (χ4v) is 2.85. The van der Waals surface area contributed by atoms with E-state index in [2.05, 4.69) is 9.64 Å². The fraction of sp³-hybridized carbons (Fsp3) is 0.857. The van der Waals surface area contributed by atoms with Gasteiger partial charge in [0.2, 0.25) is 5.91 Å². The highest BCUT2D eigenvalue weighted by molar-refractivity contribution is 5.79. The van der Waals surface area contributed by atoms with Gasteiger partial charge < -0.3 is 19.3 Å². The SMILES string of the molecule is COC(=O)CCN1CCCC(C(=O)N2CCOCC2)C1. The highest BCUT2D eigenvalue weighted by atomic mass is 16.5. The van der Waals surface area contributed by atoms with Gasteiger partial charge in [0, 0.05) is 26.2 Å². The van der Waals surface area contributed by atoms with Gasteiger partial charge in [-0.2, -0.15) is 0 Å². The second-order valence-corrected chi connectivity index (χ2v) is 5.40. The van der Waals surface area contributed by atoms with Gasteiger partial charge in [-0.1, -0.05) is 0 Å². The van der Waals surface area contributed by atoms with Crippen LogP contribution in [-0.4, -0.2) is 74.7 Å². The number of methoxy groups -OCH3 is 1. The molecule has 0 aromatic rings. The molecule has 0 aliphatic carbocycles. The number of carbonyl (C=O) groups excluding carboxylic acids is 2. The Morgan fingerprint density at radius 1 is 1.25 bits per heavy atom. The van der Waals surface area contributed by atoms with E-state index in [0.29, 0.717) is 39.3 Å². The molecule has 0 saturated carbocycles. The first-order valence-corrected chi connectivity index (χ1v) is 7.36. The van der Waals surface area contributed by atoms with Gasteiger partial charge in [0.25, 0.3) is 0 Å². The summed E-state index contributed by atoms with van der Waals surface area (Å²) in [7, 11) is 1.41. The standard InChI is InChI=1S/C14H24N2O4/c1-19-13(17)4-6-15-5-2-3-12(11-15)14(18)16-7-9-20-10-8-16/h12H,2-11H2,1H3. The van der Waals surface area contributed by atoms with E-state index < -0.39 is 0 Å². The molecule has 0 aromatic heterocycles. The third kappa shape index (κ3) is 4.18. The molecule has 1 unspecified atom stereocenters. The van der Waals surface area contributed by atoms with Crippen molar-refractivity contribution in [3.05, 3.63) is 0 Å². The van der Waals surface area contributed by atoms with Crippen molar-refractivity contribution in [1.29, 1.82) is 0 Å². The van der Waals surface area contributed by atoms with Crippen LogP contribution in [0.2, 0.25) is 0 Å². The number of ether oxygens (including phenoxy) is 2. The Morgan fingerprint density at radius 3 is 2.70 bits per heavy atom. The lowest BCUT2D eigenvalue weighted by atomic mass is 9.96. The molecule has 2 fully saturated rings. The van der Waals surface area contributed by atoms with Gasteiger partial charge in [-0.05, 0) is 19.4 Å². The van der Waals surface area contributed by atoms with Crippen LogP contribution >= 0.6 is 0 Å². The zero-order valence-corrected chi connectivity index (χ0v) is 12.2. The van der Waals surface area contributed by atoms with Crippen LogP contribution in [0.1, 0.15) is 19.3 Å². The third-order valence-electron chi connectivity index (χ3n) is 4.04. The normalized spacial score (nSPS) is 24.4. The number of nitrogens with zero attached hydrogens (tertiary/aromatic N) is 2. The van der Waals surface area contributed by atoms with Crippen LogP contribution in [0.5, 0.6) is 0 Å². The zero-order chi connectivity index (χ0) is 14.4. The number of rotatable bonds is 4. The van der Waals surface area contributed by atoms with Crippen molar-refractivity contribution in [3.8, 4) is 0 Å². The van der Waals surface area contributed by atoms with Crippen molar-refractivity contribution in [1.82, 2.24) is 9.80 Å². The van der Waals surface area contributed by atoms with Crippen molar-refractivity contribution in [2.75, 3.05) is 53.0 Å². The first-order chi connectivity index (χ1) is 9.70. The molecule has 0 N–H and O–H groups in total. The van der Waals surface area contributed by atoms with Crippen molar-refractivity contribution in [2.24, 2.45) is 5.92 Å². The molecule has 0 spiro atoms. The average Bonchev–Trinajstić information content (AvgIpc) is 2.53. The molecule has 0 aromatic carbocycles. The molecule has 2 saturated heterocycles. The second kappa shape index (κ2) is 7.59. The molecule has 2 rings (SSSR count). The molecule has 1 amide bonds. The molecule has 0 radical (unpaired) electrons. The number of hydrogen-bond acceptors (Lipinski definition) is 5. The maximum Gasteiger partial charge on any atom is 0.306 e. The molecular weight excluding hydrogens is 260 g/mol. The van der Waals surface area contributed by atoms with E-state index in [4.69, 9.17) is 4.74 Å². The quantitative estimate of drug-likeness (QED) is 0.686. The molecule has 2 aliphatic rings. The maximum absolute atomic E-state index is 12.4. The largest absolute Gasteiger partial charge is 0.469 e. The Morgan fingerprint density at radius 2 is 2.00 bits per heavy atom. The number of carbonyl (C=O) groups is 2. The van der Waals surface area contributed by atoms with Gasteiger partial charge in [0.15, 0.2) is 0 Å². The van der Waals surface area contributed by atoms with Crippen LogP contribution in [-0.2, 0) is 19.1 Å². The summed E-state index contributed by atoms with van der Waals surface area (Å²) < 4.78 is 9.94. The Hall–Kier alpha value is -1.14. The minimum absolute atomic E-state index is 0.0690. The highest BCUT2D eigenvalue weighted by Crippen LogP contribution is 2.19. The fourth-order valence-electron chi connectivity index (χ4n) is 2.85. The molecule has 114 valence electrons. The first kappa shape index (κ1) is 15.3. The van der Waals surface area contributed by atoms with Crippen LogP contribution in [0.15, 0.2) is 0 Å². The number of hydrogen-bond donors (Lipinski definition) is 0. The minimum Gasteiger partial charge on any atom is -0.469 e. The maximum atomic E-state index is 12.4. The molecule has 1 atom stereocenters. The lowest BCUT2D eigenvalue weighted by Gasteiger charge is -2.36. The number of esters is 1. The average molecular weight is 284 g/mol. The number of piperidine rings is 1. The van der Waals surface area contributed by atoms with Gasteiger partial charge in [0.05, 0.1) is 32.7 Å². The van der Waals surface area contributed by atoms with E-state index in [9.17, 15) is 9.59 Å². The van der Waals surface area contributed by atoms with Crippen LogP contribution in [0.3, 0.4) is 0 Å². The lowest BCUT2D eigenvalue weighted by Crippen LogP contribution is -2.48. The topological polar surface area (TPSA) is 59.1 Å². The summed E-state index contributed by atoms with van der Waals surface area (Å²) in [6, 6.07) is 0. The smallest absolute Gasteiger partial charge is 0.306 e. The van der Waals surface area contributed by atoms with Crippen LogP contribution in [0, 0.1) is 5.92 Å². The van der Waals surface area contributed by atoms with E-state index in [-0.39, 0.29) is 17.8 Å². The van der Waals surface area contributed by atoms with Crippen molar-refractivity contribution in [3.63, 3.8) is 0 Å². The van der Waals surface area contributed by atoms with E-state index in [1.165, 1.54) is 7.11 Å². The number of amides is 1. The molecule has 0 bridgehead atoms. The zero-order valence-electron chi connectivity index (χ0n) is 12.2. The second-order valence-electron chi connectivity index (χ2n) is 5.40. The van der Waals surface area contributed by atoms with E-state index in [0.717, 1.165) is 25.9 Å². The number of morpholine rings is 1. The van der Waals surface area contributed by atoms with E-state index >= 15 is 0 Å². The molecule has 6 nitrogen and oxygen atoms in total. The summed E-state index contributed by atoms with van der Waals surface area (Å²) in [6.45, 7) is 5.10. The monoisotopic (exact) mass is 284 g/mol. The van der Waals surface area contributed by atoms with Gasteiger partial charge in [-0.25, -0.2) is 0 Å². The molecular formula is C14H24N2O4. The van der Waals surface area contributed by atoms with Crippen LogP contribution in [0.4, 0.5) is 0 Å². The Balaban J connectivity index is 1.79. The molecule has 20 heavy (non-hydrogen) atoms. The Bertz CT molecular complexity index is 342. The minimum atomic E-state index is -0.188. The van der Waals surface area contributed by atoms with Crippen molar-refractivity contribution in [2.45, 2.75) is 19.3 Å². The van der Waals surface area contributed by atoms with E-state index in [1.54, 1.807) is 0 Å². The predicted octanol–water partition coefficient (Wildman–Crippen LogP) is 0.120. The predicted molar refractivity (Wildman–Crippen MR) is 73.2 cm³/mol. The van der Waals surface area contributed by atoms with Crippen molar-refractivity contribution >= 4 is 11.9 Å². The van der Waals surface area contributed by atoms with Gasteiger partial charge in [-0.3, -0.25) is 9.59 Å². The van der Waals surface area contributed by atoms with Crippen LogP contribution < -0.4 is 0 Å². The lowest BCUT2D eigenvalue weighted by molar-refractivity contribution is -0.142. The Kier molecular flexibility index (Phi) is 5.79. The Labute approximate surface area is 120 Å². The highest BCUT2D eigenvalue weighted by Gasteiger charge is 2.30. The summed E-state index contributed by atoms with van der Waals surface area (Å²) >= 11 is 0. The molecule has 6 heteroatoms. The van der Waals surface area contributed by atoms with Gasteiger partial charge >= 0.3 is 5.97 Å². The van der Waals surface area contributed by atoms with E-state index in [1.807, 2.05) is 4.90 Å². The van der Waals surface area contributed by atoms with Gasteiger partial charge in [-0.15, -0.1) is 0 Å². The van der Waals surface area contributed by atoms with Gasteiger partial charge in [0.1, 0.15) is 0 Å². The summed E-state index contributed by atoms with van der Waals surface area (Å²) in [6.07, 6.45) is 2.36. The third-order valence-corrected chi connectivity index (χ3v) is 4.04. The summed E-state index contributed by atoms with van der Waals surface area (Å²) in [5, 5.41) is 0. The van der Waals surface area contributed by atoms with Crippen LogP contribution in [0.25, 0.3) is 0 Å². The number of likely N-dealkylation sites (tertiary alicyclic amines) is 1. The molecule has 2 aliphatic heterocycles. The molecule has 2 heterocycles. The summed E-state index contributed by atoms with van der Waals surface area (Å²) in [5.41, 5.74) is 0. The summed E-state index contributed by atoms with van der Waals surface area (Å²) in [4.78, 5) is 27.7. The summed E-state index contributed by atoms with van der Waals surface area (Å²) in [5.74, 6) is 0.127. The first-order valence-electron chi connectivity index (χ1n) is 7.36.